The number of hydrogen-bond acceptors (Lipinski definition) is 8. The van der Waals surface area contributed by atoms with Crippen LogP contribution in [-0.4, -0.2) is 49.1 Å². The van der Waals surface area contributed by atoms with Gasteiger partial charge in [-0.25, -0.2) is 9.59 Å². The lowest BCUT2D eigenvalue weighted by Crippen LogP contribution is -2.17. The molecule has 0 bridgehead atoms. The zero-order valence-corrected chi connectivity index (χ0v) is 15.9. The fourth-order valence-electron chi connectivity index (χ4n) is 1.86. The molecular weight excluding hydrogens is 364 g/mol. The van der Waals surface area contributed by atoms with Gasteiger partial charge in [0.2, 0.25) is 5.91 Å². The monoisotopic (exact) mass is 386 g/mol. The Bertz CT molecular complexity index is 643. The molecule has 3 N–H and O–H groups in total. The number of carbonyl (C=O) groups is 3. The van der Waals surface area contributed by atoms with Gasteiger partial charge in [0, 0.05) is 12.3 Å². The summed E-state index contributed by atoms with van der Waals surface area (Å²) < 4.78 is 10.1. The molecule has 0 radical (unpaired) electrons. The van der Waals surface area contributed by atoms with Gasteiger partial charge in [-0.2, -0.15) is 11.8 Å². The zero-order valence-electron chi connectivity index (χ0n) is 14.3. The predicted molar refractivity (Wildman–Crippen MR) is 101 cm³/mol. The Kier molecular flexibility index (Phi) is 9.25. The Hall–Kier alpha value is -1.84. The molecule has 9 heteroatoms. The normalized spacial score (nSPS) is 10.2. The molecular formula is C16H22N2O5S2. The van der Waals surface area contributed by atoms with E-state index in [1.54, 1.807) is 13.8 Å². The molecule has 1 aromatic rings. The SMILES string of the molecule is C=CCOC(=O)c1sc(NC(=O)CSCCN)c(C(=O)OCC)c1C. The molecule has 0 unspecified atom stereocenters. The molecule has 1 rings (SSSR count). The summed E-state index contributed by atoms with van der Waals surface area (Å²) in [6.07, 6.45) is 1.45. The minimum Gasteiger partial charge on any atom is -0.462 e. The molecule has 0 aliphatic carbocycles. The van der Waals surface area contributed by atoms with Crippen LogP contribution in [0.25, 0.3) is 0 Å². The molecule has 0 spiro atoms. The second-order valence-corrected chi connectivity index (χ2v) is 6.88. The first-order valence-electron chi connectivity index (χ1n) is 7.62. The molecule has 0 aromatic carbocycles. The predicted octanol–water partition coefficient (Wildman–Crippen LogP) is 2.21. The third-order valence-electron chi connectivity index (χ3n) is 2.89. The summed E-state index contributed by atoms with van der Waals surface area (Å²) in [6, 6.07) is 0. The smallest absolute Gasteiger partial charge is 0.348 e. The summed E-state index contributed by atoms with van der Waals surface area (Å²) in [5.41, 5.74) is 5.99. The van der Waals surface area contributed by atoms with Crippen LogP contribution in [0, 0.1) is 6.92 Å². The van der Waals surface area contributed by atoms with Crippen LogP contribution in [-0.2, 0) is 14.3 Å². The number of anilines is 1. The molecule has 0 aliphatic heterocycles. The van der Waals surface area contributed by atoms with Crippen LogP contribution in [0.1, 0.15) is 32.5 Å². The Labute approximate surface area is 154 Å². The average Bonchev–Trinajstić information content (AvgIpc) is 2.89. The van der Waals surface area contributed by atoms with E-state index in [9.17, 15) is 14.4 Å². The highest BCUT2D eigenvalue weighted by Gasteiger charge is 2.27. The first-order valence-corrected chi connectivity index (χ1v) is 9.59. The molecule has 0 saturated carbocycles. The van der Waals surface area contributed by atoms with Crippen LogP contribution in [0.2, 0.25) is 0 Å². The lowest BCUT2D eigenvalue weighted by molar-refractivity contribution is -0.113. The van der Waals surface area contributed by atoms with Gasteiger partial charge in [0.1, 0.15) is 16.5 Å². The number of amides is 1. The minimum absolute atomic E-state index is 0.0579. The number of nitrogens with one attached hydrogen (secondary N) is 1. The maximum absolute atomic E-state index is 12.2. The van der Waals surface area contributed by atoms with E-state index in [0.29, 0.717) is 17.9 Å². The molecule has 1 heterocycles. The fourth-order valence-corrected chi connectivity index (χ4v) is 3.53. The van der Waals surface area contributed by atoms with E-state index in [1.165, 1.54) is 17.8 Å². The first kappa shape index (κ1) is 21.2. The van der Waals surface area contributed by atoms with Crippen LogP contribution >= 0.6 is 23.1 Å². The second kappa shape index (κ2) is 10.9. The van der Waals surface area contributed by atoms with E-state index in [1.807, 2.05) is 0 Å². The van der Waals surface area contributed by atoms with E-state index in [-0.39, 0.29) is 40.3 Å². The van der Waals surface area contributed by atoms with Gasteiger partial charge in [0.25, 0.3) is 0 Å². The standard InChI is InChI=1S/C16H22N2O5S2/c1-4-7-23-16(21)13-10(3)12(15(20)22-5-2)14(25-13)18-11(19)9-24-8-6-17/h4H,1,5-9,17H2,2-3H3,(H,18,19). The molecule has 0 aliphatic rings. The van der Waals surface area contributed by atoms with Crippen molar-refractivity contribution in [3.63, 3.8) is 0 Å². The molecule has 0 saturated heterocycles. The second-order valence-electron chi connectivity index (χ2n) is 4.76. The highest BCUT2D eigenvalue weighted by atomic mass is 32.2. The third-order valence-corrected chi connectivity index (χ3v) is 5.07. The van der Waals surface area contributed by atoms with E-state index in [0.717, 1.165) is 11.3 Å². The van der Waals surface area contributed by atoms with Crippen LogP contribution in [0.5, 0.6) is 0 Å². The Balaban J connectivity index is 3.07. The van der Waals surface area contributed by atoms with Gasteiger partial charge in [-0.05, 0) is 19.4 Å². The van der Waals surface area contributed by atoms with E-state index < -0.39 is 11.9 Å². The van der Waals surface area contributed by atoms with Gasteiger partial charge in [-0.1, -0.05) is 12.7 Å². The van der Waals surface area contributed by atoms with Crippen molar-refractivity contribution in [3.05, 3.63) is 28.7 Å². The number of rotatable bonds is 10. The zero-order chi connectivity index (χ0) is 18.8. The van der Waals surface area contributed by atoms with Crippen molar-refractivity contribution in [2.45, 2.75) is 13.8 Å². The van der Waals surface area contributed by atoms with Crippen LogP contribution < -0.4 is 11.1 Å². The van der Waals surface area contributed by atoms with E-state index in [4.69, 9.17) is 15.2 Å². The number of nitrogens with two attached hydrogens (primary N) is 1. The Morgan fingerprint density at radius 2 is 2.04 bits per heavy atom. The Morgan fingerprint density at radius 1 is 1.32 bits per heavy atom. The summed E-state index contributed by atoms with van der Waals surface area (Å²) >= 11 is 2.37. The maximum Gasteiger partial charge on any atom is 0.348 e. The number of carbonyl (C=O) groups excluding carboxylic acids is 3. The molecule has 1 aromatic heterocycles. The van der Waals surface area contributed by atoms with Crippen molar-refractivity contribution in [1.29, 1.82) is 0 Å². The van der Waals surface area contributed by atoms with Crippen LogP contribution in [0.3, 0.4) is 0 Å². The number of ether oxygens (including phenoxy) is 2. The summed E-state index contributed by atoms with van der Waals surface area (Å²) in [5.74, 6) is -0.598. The quantitative estimate of drug-likeness (QED) is 0.360. The van der Waals surface area contributed by atoms with Gasteiger partial charge in [-0.3, -0.25) is 4.79 Å². The number of thioether (sulfide) groups is 1. The van der Waals surface area contributed by atoms with Crippen molar-refractivity contribution in [3.8, 4) is 0 Å². The van der Waals surface area contributed by atoms with Crippen molar-refractivity contribution < 1.29 is 23.9 Å². The number of esters is 2. The topological polar surface area (TPSA) is 108 Å². The van der Waals surface area contributed by atoms with Gasteiger partial charge in [0.15, 0.2) is 0 Å². The lowest BCUT2D eigenvalue weighted by Gasteiger charge is -2.07. The summed E-state index contributed by atoms with van der Waals surface area (Å²) in [6.45, 7) is 7.50. The fraction of sp³-hybridized carbons (Fsp3) is 0.438. The first-order chi connectivity index (χ1) is 12.0. The van der Waals surface area contributed by atoms with Crippen LogP contribution in [0.15, 0.2) is 12.7 Å². The van der Waals surface area contributed by atoms with Gasteiger partial charge >= 0.3 is 11.9 Å². The van der Waals surface area contributed by atoms with E-state index >= 15 is 0 Å². The molecule has 0 atom stereocenters. The minimum atomic E-state index is -0.594. The highest BCUT2D eigenvalue weighted by Crippen LogP contribution is 2.34. The van der Waals surface area contributed by atoms with E-state index in [2.05, 4.69) is 11.9 Å². The maximum atomic E-state index is 12.2. The largest absolute Gasteiger partial charge is 0.462 e. The molecule has 0 fully saturated rings. The van der Waals surface area contributed by atoms with Crippen molar-refractivity contribution in [2.75, 3.05) is 36.6 Å². The number of thiophene rings is 1. The van der Waals surface area contributed by atoms with Gasteiger partial charge in [0.05, 0.1) is 17.9 Å². The van der Waals surface area contributed by atoms with Crippen molar-refractivity contribution in [1.82, 2.24) is 0 Å². The molecule has 1 amide bonds. The summed E-state index contributed by atoms with van der Waals surface area (Å²) in [7, 11) is 0. The summed E-state index contributed by atoms with van der Waals surface area (Å²) in [5, 5.41) is 2.95. The van der Waals surface area contributed by atoms with Crippen molar-refractivity contribution in [2.24, 2.45) is 5.73 Å². The molecule has 25 heavy (non-hydrogen) atoms. The highest BCUT2D eigenvalue weighted by molar-refractivity contribution is 7.99. The third kappa shape index (κ3) is 6.18. The summed E-state index contributed by atoms with van der Waals surface area (Å²) in [4.78, 5) is 36.6. The Morgan fingerprint density at radius 3 is 2.64 bits per heavy atom. The van der Waals surface area contributed by atoms with Crippen LogP contribution in [0.4, 0.5) is 5.00 Å². The van der Waals surface area contributed by atoms with Gasteiger partial charge < -0.3 is 20.5 Å². The van der Waals surface area contributed by atoms with Gasteiger partial charge in [-0.15, -0.1) is 11.3 Å². The average molecular weight is 386 g/mol. The molecule has 7 nitrogen and oxygen atoms in total. The van der Waals surface area contributed by atoms with Crippen molar-refractivity contribution >= 4 is 45.9 Å². The number of hydrogen-bond donors (Lipinski definition) is 2. The lowest BCUT2D eigenvalue weighted by atomic mass is 10.1. The molecule has 138 valence electrons.